The molecule has 1 N–H and O–H groups in total. The lowest BCUT2D eigenvalue weighted by molar-refractivity contribution is -0.294. The second kappa shape index (κ2) is 9.15. The quantitative estimate of drug-likeness (QED) is 0.480. The third-order valence-electron chi connectivity index (χ3n) is 6.45. The van der Waals surface area contributed by atoms with E-state index in [0.29, 0.717) is 19.4 Å². The molecule has 0 bridgehead atoms. The van der Waals surface area contributed by atoms with Crippen molar-refractivity contribution in [2.45, 2.75) is 25.1 Å². The van der Waals surface area contributed by atoms with Crippen molar-refractivity contribution in [1.82, 2.24) is 15.6 Å². The first-order valence-electron chi connectivity index (χ1n) is 11.2. The molecule has 2 saturated heterocycles. The molecule has 0 saturated carbocycles. The zero-order valence-corrected chi connectivity index (χ0v) is 18.6. The molecule has 5 rings (SSSR count). The van der Waals surface area contributed by atoms with Crippen LogP contribution in [0.4, 0.5) is 13.2 Å². The molecule has 2 aliphatic carbocycles. The molecule has 1 aromatic carbocycles. The normalized spacial score (nSPS) is 27.0. The van der Waals surface area contributed by atoms with Crippen molar-refractivity contribution < 1.29 is 46.9 Å². The summed E-state index contributed by atoms with van der Waals surface area (Å²) >= 11 is 0. The molecule has 3 unspecified atom stereocenters. The average Bonchev–Trinajstić information content (AvgIpc) is 3.33. The molecule has 2 aliphatic heterocycles. The van der Waals surface area contributed by atoms with Gasteiger partial charge in [-0.05, 0) is 18.9 Å². The molecule has 0 spiro atoms. The second-order valence-electron chi connectivity index (χ2n) is 8.58. The van der Waals surface area contributed by atoms with E-state index in [9.17, 15) is 32.3 Å². The highest BCUT2D eigenvalue weighted by Gasteiger charge is 2.48. The van der Waals surface area contributed by atoms with Crippen molar-refractivity contribution in [3.63, 3.8) is 0 Å². The third-order valence-corrected chi connectivity index (χ3v) is 6.45. The number of nitrogens with zero attached hydrogens (tertiary/aromatic N) is 2. The number of nitrogens with one attached hydrogen (secondary N) is 1. The minimum absolute atomic E-state index is 0.0631. The lowest BCUT2D eigenvalue weighted by Crippen LogP contribution is -2.58. The predicted molar refractivity (Wildman–Crippen MR) is 112 cm³/mol. The van der Waals surface area contributed by atoms with Crippen LogP contribution in [-0.4, -0.2) is 65.5 Å². The van der Waals surface area contributed by atoms with E-state index < -0.39 is 53.3 Å². The highest BCUT2D eigenvalue weighted by molar-refractivity contribution is 6.17. The van der Waals surface area contributed by atoms with Gasteiger partial charge in [0.05, 0.1) is 24.1 Å². The molecule has 2 heterocycles. The van der Waals surface area contributed by atoms with Crippen molar-refractivity contribution in [1.29, 1.82) is 0 Å². The van der Waals surface area contributed by atoms with Crippen LogP contribution in [0.15, 0.2) is 47.9 Å². The maximum Gasteiger partial charge on any atom is 0.491 e. The Hall–Kier alpha value is -3.55. The summed E-state index contributed by atoms with van der Waals surface area (Å²) in [7, 11) is 0. The number of allylic oxidation sites excluding steroid dienone is 3. The topological polar surface area (TPSA) is 114 Å². The monoisotopic (exact) mass is 507 g/mol. The molecular weight excluding hydrogens is 487 g/mol. The highest BCUT2D eigenvalue weighted by Crippen LogP contribution is 2.40. The Morgan fingerprint density at radius 2 is 1.81 bits per heavy atom. The maximum atomic E-state index is 13.5. The van der Waals surface area contributed by atoms with Crippen LogP contribution in [0, 0.1) is 11.8 Å². The van der Waals surface area contributed by atoms with E-state index in [-0.39, 0.29) is 30.0 Å². The molecule has 3 atom stereocenters. The van der Waals surface area contributed by atoms with Crippen molar-refractivity contribution in [3.05, 3.63) is 59.0 Å². The Labute approximate surface area is 202 Å². The number of ether oxygens (including phenoxy) is 1. The first-order chi connectivity index (χ1) is 17.2. The van der Waals surface area contributed by atoms with Gasteiger partial charge in [-0.1, -0.05) is 30.3 Å². The van der Waals surface area contributed by atoms with Gasteiger partial charge in [0.1, 0.15) is 12.6 Å². The molecule has 190 valence electrons. The van der Waals surface area contributed by atoms with Crippen LogP contribution < -0.4 is 5.43 Å². The molecule has 10 nitrogen and oxygen atoms in total. The van der Waals surface area contributed by atoms with Crippen molar-refractivity contribution in [2.24, 2.45) is 11.8 Å². The van der Waals surface area contributed by atoms with E-state index in [0.717, 1.165) is 6.08 Å². The van der Waals surface area contributed by atoms with Gasteiger partial charge in [-0.2, -0.15) is 23.2 Å². The molecule has 36 heavy (non-hydrogen) atoms. The molecule has 1 aromatic rings. The number of esters is 1. The average molecular weight is 507 g/mol. The fourth-order valence-corrected chi connectivity index (χ4v) is 4.84. The highest BCUT2D eigenvalue weighted by atomic mass is 19.4. The molecule has 0 radical (unpaired) electrons. The number of hydrogen-bond donors (Lipinski definition) is 1. The fraction of sp³-hybridized carbons (Fsp3) is 0.391. The summed E-state index contributed by atoms with van der Waals surface area (Å²) in [6.07, 6.45) is -1.91. The number of alkyl halides is 3. The largest absolute Gasteiger partial charge is 0.491 e. The van der Waals surface area contributed by atoms with E-state index in [2.05, 4.69) is 10.2 Å². The standard InChI is InChI=1S/C23H20F3N3O7/c24-23(25,26)22(33)35-16-8-7-14-17(20(31)13-5-2-1-4-12(13)19(14)30)18(16)27-29-10-11-34-36-21(32)15-6-3-9-28(15)29/h1-2,4-5,7-8,14-15,17,27H,3,6,9-11H2. The number of Topliss-reactive ketones (excluding diaryl/α,β-unsaturated/α-hetero) is 2. The Morgan fingerprint density at radius 3 is 2.53 bits per heavy atom. The Kier molecular flexibility index (Phi) is 6.14. The third kappa shape index (κ3) is 4.18. The Balaban J connectivity index is 1.57. The number of ketones is 2. The molecule has 0 aromatic heterocycles. The van der Waals surface area contributed by atoms with Gasteiger partial charge in [-0.3, -0.25) is 14.5 Å². The van der Waals surface area contributed by atoms with Crippen LogP contribution in [0.5, 0.6) is 0 Å². The van der Waals surface area contributed by atoms with Gasteiger partial charge in [0.25, 0.3) is 0 Å². The van der Waals surface area contributed by atoms with Crippen LogP contribution in [0.2, 0.25) is 0 Å². The zero-order valence-electron chi connectivity index (χ0n) is 18.6. The summed E-state index contributed by atoms with van der Waals surface area (Å²) in [4.78, 5) is 60.4. The number of carbonyl (C=O) groups excluding carboxylic acids is 4. The molecule has 13 heteroatoms. The molecule has 0 amide bonds. The van der Waals surface area contributed by atoms with Gasteiger partial charge in [0, 0.05) is 17.7 Å². The summed E-state index contributed by atoms with van der Waals surface area (Å²) in [6, 6.07) is 5.40. The lowest BCUT2D eigenvalue weighted by atomic mass is 9.70. The smallest absolute Gasteiger partial charge is 0.418 e. The van der Waals surface area contributed by atoms with E-state index in [1.165, 1.54) is 23.3 Å². The summed E-state index contributed by atoms with van der Waals surface area (Å²) < 4.78 is 43.7. The maximum absolute atomic E-state index is 13.5. The van der Waals surface area contributed by atoms with Gasteiger partial charge >= 0.3 is 18.1 Å². The number of hydrogen-bond acceptors (Lipinski definition) is 10. The van der Waals surface area contributed by atoms with Gasteiger partial charge in [0.15, 0.2) is 17.3 Å². The number of fused-ring (bicyclic) bond motifs is 3. The van der Waals surface area contributed by atoms with Crippen molar-refractivity contribution >= 4 is 23.5 Å². The summed E-state index contributed by atoms with van der Waals surface area (Å²) in [5.41, 5.74) is 3.00. The van der Waals surface area contributed by atoms with Gasteiger partial charge < -0.3 is 10.2 Å². The van der Waals surface area contributed by atoms with Gasteiger partial charge in [0.2, 0.25) is 0 Å². The van der Waals surface area contributed by atoms with Crippen molar-refractivity contribution in [3.8, 4) is 0 Å². The molecule has 4 aliphatic rings. The predicted octanol–water partition coefficient (Wildman–Crippen LogP) is 1.86. The van der Waals surface area contributed by atoms with Gasteiger partial charge in [-0.15, -0.1) is 0 Å². The van der Waals surface area contributed by atoms with Crippen LogP contribution in [0.25, 0.3) is 0 Å². The first kappa shape index (κ1) is 24.2. The van der Waals surface area contributed by atoms with Crippen molar-refractivity contribution in [2.75, 3.05) is 19.7 Å². The summed E-state index contributed by atoms with van der Waals surface area (Å²) in [5, 5.41) is 3.03. The molecular formula is C23H20F3N3O7. The SMILES string of the molecule is O=C1c2ccccc2C(=O)C2C(NN3CCOOC(=O)C4CCCN43)=C(OC(=O)C(F)(F)F)C=CC12. The minimum atomic E-state index is -5.29. The van der Waals surface area contributed by atoms with Crippen LogP contribution in [-0.2, 0) is 24.1 Å². The van der Waals surface area contributed by atoms with Crippen LogP contribution in [0.1, 0.15) is 33.6 Å². The Bertz CT molecular complexity index is 1200. The number of halogens is 3. The Morgan fingerprint density at radius 1 is 1.08 bits per heavy atom. The van der Waals surface area contributed by atoms with Gasteiger partial charge in [-0.25, -0.2) is 14.6 Å². The summed E-state index contributed by atoms with van der Waals surface area (Å²) in [5.74, 6) is -6.92. The van der Waals surface area contributed by atoms with Crippen LogP contribution in [0.3, 0.4) is 0 Å². The number of carbonyl (C=O) groups is 4. The van der Waals surface area contributed by atoms with E-state index in [4.69, 9.17) is 9.78 Å². The number of hydrazine groups is 2. The van der Waals surface area contributed by atoms with E-state index in [1.54, 1.807) is 17.1 Å². The lowest BCUT2D eigenvalue weighted by Gasteiger charge is -2.41. The van der Waals surface area contributed by atoms with E-state index in [1.807, 2.05) is 0 Å². The number of benzene rings is 1. The zero-order chi connectivity index (χ0) is 25.6. The fourth-order valence-electron chi connectivity index (χ4n) is 4.84. The van der Waals surface area contributed by atoms with E-state index >= 15 is 0 Å². The molecule has 2 fully saturated rings. The van der Waals surface area contributed by atoms with Crippen LogP contribution >= 0.6 is 0 Å². The first-order valence-corrected chi connectivity index (χ1v) is 11.2. The number of rotatable bonds is 3. The minimum Gasteiger partial charge on any atom is -0.418 e. The summed E-state index contributed by atoms with van der Waals surface area (Å²) in [6.45, 7) is 0.359. The second-order valence-corrected chi connectivity index (χ2v) is 8.58.